The van der Waals surface area contributed by atoms with E-state index in [0.29, 0.717) is 5.02 Å². The van der Waals surface area contributed by atoms with Crippen molar-refractivity contribution in [2.45, 2.75) is 13.0 Å². The number of carbonyl (C=O) groups excluding carboxylic acids is 2. The molecule has 1 aromatic carbocycles. The summed E-state index contributed by atoms with van der Waals surface area (Å²) in [4.78, 5) is 24.4. The maximum absolute atomic E-state index is 11.7. The molecule has 1 atom stereocenters. The van der Waals surface area contributed by atoms with Crippen LogP contribution in [0.5, 0.6) is 0 Å². The number of thiophene rings is 1. The largest absolute Gasteiger partial charge is 0.452 e. The minimum atomic E-state index is -0.570. The van der Waals surface area contributed by atoms with Gasteiger partial charge in [-0.3, -0.25) is 4.79 Å². The van der Waals surface area contributed by atoms with E-state index in [1.165, 1.54) is 6.08 Å². The highest BCUT2D eigenvalue weighted by atomic mass is 35.5. The van der Waals surface area contributed by atoms with Crippen LogP contribution in [0.4, 0.5) is 0 Å². The summed E-state index contributed by atoms with van der Waals surface area (Å²) < 4.78 is 4.91. The van der Waals surface area contributed by atoms with Crippen molar-refractivity contribution < 1.29 is 14.3 Å². The van der Waals surface area contributed by atoms with Gasteiger partial charge in [-0.25, -0.2) is 4.79 Å². The molecule has 1 amide bonds. The number of halogens is 1. The van der Waals surface area contributed by atoms with Gasteiger partial charge in [-0.05, 0) is 42.1 Å². The monoisotopic (exact) mass is 349 g/mol. The van der Waals surface area contributed by atoms with Crippen LogP contribution >= 0.6 is 22.9 Å². The van der Waals surface area contributed by atoms with Crippen molar-refractivity contribution in [2.24, 2.45) is 0 Å². The maximum Gasteiger partial charge on any atom is 0.331 e. The number of ether oxygens (including phenoxy) is 1. The van der Waals surface area contributed by atoms with E-state index >= 15 is 0 Å². The Morgan fingerprint density at radius 2 is 2.04 bits per heavy atom. The van der Waals surface area contributed by atoms with Crippen LogP contribution in [0.15, 0.2) is 47.9 Å². The third-order valence-corrected chi connectivity index (χ3v) is 4.28. The van der Waals surface area contributed by atoms with E-state index in [2.05, 4.69) is 5.32 Å². The zero-order valence-corrected chi connectivity index (χ0v) is 14.1. The summed E-state index contributed by atoms with van der Waals surface area (Å²) >= 11 is 7.34. The molecule has 120 valence electrons. The zero-order chi connectivity index (χ0) is 16.7. The van der Waals surface area contributed by atoms with E-state index in [1.54, 1.807) is 41.7 Å². The third-order valence-electron chi connectivity index (χ3n) is 2.97. The Morgan fingerprint density at radius 1 is 1.30 bits per heavy atom. The fourth-order valence-electron chi connectivity index (χ4n) is 1.81. The minimum Gasteiger partial charge on any atom is -0.452 e. The van der Waals surface area contributed by atoms with Crippen molar-refractivity contribution >= 4 is 40.9 Å². The number of benzene rings is 1. The molecule has 0 unspecified atom stereocenters. The Morgan fingerprint density at radius 3 is 2.70 bits per heavy atom. The lowest BCUT2D eigenvalue weighted by Crippen LogP contribution is -2.30. The summed E-state index contributed by atoms with van der Waals surface area (Å²) in [6.07, 6.45) is 2.88. The summed E-state index contributed by atoms with van der Waals surface area (Å²) in [6.45, 7) is 1.57. The van der Waals surface area contributed by atoms with Gasteiger partial charge in [-0.1, -0.05) is 29.8 Å². The quantitative estimate of drug-likeness (QED) is 0.637. The molecule has 0 radical (unpaired) electrons. The molecule has 4 nitrogen and oxygen atoms in total. The van der Waals surface area contributed by atoms with Crippen LogP contribution in [0.3, 0.4) is 0 Å². The summed E-state index contributed by atoms with van der Waals surface area (Å²) in [5.74, 6) is -0.905. The highest BCUT2D eigenvalue weighted by Gasteiger charge is 2.11. The van der Waals surface area contributed by atoms with Gasteiger partial charge in [0.05, 0.1) is 6.04 Å². The van der Waals surface area contributed by atoms with Crippen molar-refractivity contribution in [1.29, 1.82) is 0 Å². The van der Waals surface area contributed by atoms with Gasteiger partial charge in [-0.2, -0.15) is 0 Å². The van der Waals surface area contributed by atoms with Crippen LogP contribution in [0.25, 0.3) is 6.08 Å². The van der Waals surface area contributed by atoms with Crippen molar-refractivity contribution in [1.82, 2.24) is 5.32 Å². The van der Waals surface area contributed by atoms with Gasteiger partial charge in [0.1, 0.15) is 0 Å². The van der Waals surface area contributed by atoms with E-state index < -0.39 is 5.97 Å². The minimum absolute atomic E-state index is 0.106. The predicted octanol–water partition coefficient (Wildman–Crippen LogP) is 3.84. The second-order valence-corrected chi connectivity index (χ2v) is 6.21. The van der Waals surface area contributed by atoms with Crippen LogP contribution in [0, 0.1) is 0 Å². The maximum atomic E-state index is 11.7. The lowest BCUT2D eigenvalue weighted by molar-refractivity contribution is -0.144. The Kier molecular flexibility index (Phi) is 6.38. The number of rotatable bonds is 6. The third kappa shape index (κ3) is 5.88. The Balaban J connectivity index is 1.75. The highest BCUT2D eigenvalue weighted by Crippen LogP contribution is 2.17. The normalized spacial score (nSPS) is 12.1. The predicted molar refractivity (Wildman–Crippen MR) is 92.3 cm³/mol. The van der Waals surface area contributed by atoms with Gasteiger partial charge in [0.2, 0.25) is 0 Å². The van der Waals surface area contributed by atoms with Crippen molar-refractivity contribution in [3.63, 3.8) is 0 Å². The first-order valence-corrected chi connectivity index (χ1v) is 8.23. The lowest BCUT2D eigenvalue weighted by atomic mass is 10.2. The smallest absolute Gasteiger partial charge is 0.331 e. The Bertz CT molecular complexity index is 680. The van der Waals surface area contributed by atoms with Crippen LogP contribution in [0.1, 0.15) is 23.4 Å². The molecule has 2 rings (SSSR count). The molecule has 0 saturated carbocycles. The van der Waals surface area contributed by atoms with Gasteiger partial charge in [0, 0.05) is 16.0 Å². The number of hydrogen-bond acceptors (Lipinski definition) is 4. The lowest BCUT2D eigenvalue weighted by Gasteiger charge is -2.11. The molecular weight excluding hydrogens is 334 g/mol. The number of carbonyl (C=O) groups is 2. The average molecular weight is 350 g/mol. The summed E-state index contributed by atoms with van der Waals surface area (Å²) in [6, 6.07) is 10.8. The van der Waals surface area contributed by atoms with Crippen molar-refractivity contribution in [3.05, 3.63) is 63.3 Å². The number of hydrogen-bond donors (Lipinski definition) is 1. The summed E-state index contributed by atoms with van der Waals surface area (Å²) in [7, 11) is 0. The van der Waals surface area contributed by atoms with Crippen LogP contribution < -0.4 is 5.32 Å². The molecule has 0 aliphatic carbocycles. The van der Waals surface area contributed by atoms with Gasteiger partial charge < -0.3 is 10.1 Å². The molecule has 23 heavy (non-hydrogen) atoms. The number of nitrogens with one attached hydrogen (secondary N) is 1. The van der Waals surface area contributed by atoms with Gasteiger partial charge in [0.15, 0.2) is 6.61 Å². The first kappa shape index (κ1) is 17.2. The SMILES string of the molecule is C[C@H](NC(=O)COC(=O)/C=C/c1ccc(Cl)cc1)c1cccs1. The van der Waals surface area contributed by atoms with Gasteiger partial charge >= 0.3 is 5.97 Å². The molecule has 0 bridgehead atoms. The molecule has 0 aliphatic heterocycles. The Hall–Kier alpha value is -2.11. The molecule has 0 fully saturated rings. The van der Waals surface area contributed by atoms with E-state index in [9.17, 15) is 9.59 Å². The average Bonchev–Trinajstić information content (AvgIpc) is 3.07. The van der Waals surface area contributed by atoms with Crippen LogP contribution in [-0.4, -0.2) is 18.5 Å². The fraction of sp³-hybridized carbons (Fsp3) is 0.176. The molecule has 1 aromatic heterocycles. The second kappa shape index (κ2) is 8.50. The van der Waals surface area contributed by atoms with Gasteiger partial charge in [0.25, 0.3) is 5.91 Å². The molecule has 0 saturated heterocycles. The molecule has 1 N–H and O–H groups in total. The van der Waals surface area contributed by atoms with E-state index in [-0.39, 0.29) is 18.6 Å². The van der Waals surface area contributed by atoms with E-state index in [1.807, 2.05) is 24.4 Å². The number of amides is 1. The van der Waals surface area contributed by atoms with E-state index in [0.717, 1.165) is 10.4 Å². The van der Waals surface area contributed by atoms with Crippen LogP contribution in [-0.2, 0) is 14.3 Å². The van der Waals surface area contributed by atoms with Crippen LogP contribution in [0.2, 0.25) is 5.02 Å². The summed E-state index contributed by atoms with van der Waals surface area (Å²) in [5, 5.41) is 5.34. The molecular formula is C17H16ClNO3S. The standard InChI is InChI=1S/C17H16ClNO3S/c1-12(15-3-2-10-23-15)19-16(20)11-22-17(21)9-6-13-4-7-14(18)8-5-13/h2-10,12H,11H2,1H3,(H,19,20)/b9-6+/t12-/m0/s1. The first-order valence-electron chi connectivity index (χ1n) is 6.98. The fourth-order valence-corrected chi connectivity index (χ4v) is 2.68. The Labute approximate surface area is 143 Å². The molecule has 6 heteroatoms. The van der Waals surface area contributed by atoms with Crippen molar-refractivity contribution in [2.75, 3.05) is 6.61 Å². The highest BCUT2D eigenvalue weighted by molar-refractivity contribution is 7.10. The topological polar surface area (TPSA) is 55.4 Å². The van der Waals surface area contributed by atoms with Crippen molar-refractivity contribution in [3.8, 4) is 0 Å². The summed E-state index contributed by atoms with van der Waals surface area (Å²) in [5.41, 5.74) is 0.821. The van der Waals surface area contributed by atoms with Gasteiger partial charge in [-0.15, -0.1) is 11.3 Å². The number of esters is 1. The molecule has 0 spiro atoms. The molecule has 2 aromatic rings. The molecule has 0 aliphatic rings. The molecule has 1 heterocycles. The zero-order valence-electron chi connectivity index (χ0n) is 12.5. The van der Waals surface area contributed by atoms with E-state index in [4.69, 9.17) is 16.3 Å². The first-order chi connectivity index (χ1) is 11.0. The second-order valence-electron chi connectivity index (χ2n) is 4.80.